The Hall–Kier alpha value is -2.84. The minimum atomic E-state index is -0.310. The molecule has 0 saturated heterocycles. The standard InChI is InChI=1S/C16H12ClN3O2/c1-10(21)19-13-5-2-11(3-6-13)16(22)20-14-7-4-12(9-18)15(17)8-14/h2-8H,1H3,(H,19,21)(H,20,22). The summed E-state index contributed by atoms with van der Waals surface area (Å²) in [5, 5.41) is 14.4. The van der Waals surface area contributed by atoms with Gasteiger partial charge < -0.3 is 10.6 Å². The minimum Gasteiger partial charge on any atom is -0.326 e. The fourth-order valence-electron chi connectivity index (χ4n) is 1.79. The van der Waals surface area contributed by atoms with Crippen LogP contribution in [0.2, 0.25) is 5.02 Å². The predicted octanol–water partition coefficient (Wildman–Crippen LogP) is 3.42. The molecule has 110 valence electrons. The van der Waals surface area contributed by atoms with E-state index in [-0.39, 0.29) is 16.8 Å². The number of nitrogens with one attached hydrogen (secondary N) is 2. The molecule has 0 saturated carbocycles. The van der Waals surface area contributed by atoms with Gasteiger partial charge in [-0.3, -0.25) is 9.59 Å². The van der Waals surface area contributed by atoms with Crippen LogP contribution in [0.25, 0.3) is 0 Å². The Morgan fingerprint density at radius 1 is 1.05 bits per heavy atom. The van der Waals surface area contributed by atoms with Crippen LogP contribution in [0.4, 0.5) is 11.4 Å². The molecule has 2 aromatic rings. The highest BCUT2D eigenvalue weighted by atomic mass is 35.5. The van der Waals surface area contributed by atoms with Gasteiger partial charge in [0.2, 0.25) is 5.91 Å². The summed E-state index contributed by atoms with van der Waals surface area (Å²) in [4.78, 5) is 23.0. The van der Waals surface area contributed by atoms with E-state index in [2.05, 4.69) is 10.6 Å². The van der Waals surface area contributed by atoms with E-state index < -0.39 is 0 Å². The molecule has 0 aliphatic heterocycles. The average molecular weight is 314 g/mol. The molecule has 2 N–H and O–H groups in total. The first-order valence-electron chi connectivity index (χ1n) is 6.38. The number of carbonyl (C=O) groups excluding carboxylic acids is 2. The van der Waals surface area contributed by atoms with Gasteiger partial charge in [0.1, 0.15) is 6.07 Å². The normalized spacial score (nSPS) is 9.68. The van der Waals surface area contributed by atoms with Gasteiger partial charge in [-0.25, -0.2) is 0 Å². The van der Waals surface area contributed by atoms with Gasteiger partial charge in [-0.2, -0.15) is 5.26 Å². The van der Waals surface area contributed by atoms with Gasteiger partial charge >= 0.3 is 0 Å². The molecule has 0 heterocycles. The second kappa shape index (κ2) is 6.74. The summed E-state index contributed by atoms with van der Waals surface area (Å²) in [6, 6.07) is 13.1. The van der Waals surface area contributed by atoms with Crippen molar-refractivity contribution in [2.75, 3.05) is 10.6 Å². The van der Waals surface area contributed by atoms with Crippen LogP contribution in [0.15, 0.2) is 42.5 Å². The summed E-state index contributed by atoms with van der Waals surface area (Å²) in [6.45, 7) is 1.41. The van der Waals surface area contributed by atoms with Crippen LogP contribution in [0.1, 0.15) is 22.8 Å². The molecule has 6 heteroatoms. The highest BCUT2D eigenvalue weighted by Gasteiger charge is 2.08. The summed E-state index contributed by atoms with van der Waals surface area (Å²) in [5.41, 5.74) is 1.90. The maximum atomic E-state index is 12.1. The first-order valence-corrected chi connectivity index (χ1v) is 6.76. The third-order valence-corrected chi connectivity index (χ3v) is 3.13. The van der Waals surface area contributed by atoms with Crippen LogP contribution in [-0.4, -0.2) is 11.8 Å². The Bertz CT molecular complexity index is 764. The lowest BCUT2D eigenvalue weighted by atomic mass is 10.1. The third kappa shape index (κ3) is 3.84. The highest BCUT2D eigenvalue weighted by Crippen LogP contribution is 2.21. The Balaban J connectivity index is 2.10. The maximum absolute atomic E-state index is 12.1. The Kier molecular flexibility index (Phi) is 4.77. The first kappa shape index (κ1) is 15.5. The molecule has 0 spiro atoms. The van der Waals surface area contributed by atoms with Crippen LogP contribution < -0.4 is 10.6 Å². The van der Waals surface area contributed by atoms with E-state index in [0.717, 1.165) is 0 Å². The van der Waals surface area contributed by atoms with Gasteiger partial charge in [0.25, 0.3) is 5.91 Å². The van der Waals surface area contributed by atoms with Crippen LogP contribution in [0, 0.1) is 11.3 Å². The topological polar surface area (TPSA) is 82.0 Å². The zero-order valence-electron chi connectivity index (χ0n) is 11.7. The lowest BCUT2D eigenvalue weighted by Crippen LogP contribution is -2.12. The molecule has 5 nitrogen and oxygen atoms in total. The van der Waals surface area contributed by atoms with Crippen LogP contribution in [0.5, 0.6) is 0 Å². The van der Waals surface area contributed by atoms with Crippen molar-refractivity contribution in [2.45, 2.75) is 6.92 Å². The molecule has 2 aromatic carbocycles. The molecule has 2 amide bonds. The summed E-state index contributed by atoms with van der Waals surface area (Å²) >= 11 is 5.91. The number of nitrogens with zero attached hydrogens (tertiary/aromatic N) is 1. The molecule has 0 fully saturated rings. The van der Waals surface area contributed by atoms with Gasteiger partial charge in [0, 0.05) is 23.9 Å². The molecule has 0 radical (unpaired) electrons. The molecular weight excluding hydrogens is 302 g/mol. The van der Waals surface area contributed by atoms with E-state index in [1.165, 1.54) is 19.1 Å². The number of anilines is 2. The number of nitriles is 1. The van der Waals surface area contributed by atoms with Crippen molar-refractivity contribution in [3.8, 4) is 6.07 Å². The van der Waals surface area contributed by atoms with E-state index in [9.17, 15) is 9.59 Å². The number of amides is 2. The SMILES string of the molecule is CC(=O)Nc1ccc(C(=O)Nc2ccc(C#N)c(Cl)c2)cc1. The van der Waals surface area contributed by atoms with Crippen molar-refractivity contribution in [2.24, 2.45) is 0 Å². The Morgan fingerprint density at radius 3 is 2.23 bits per heavy atom. The Labute approximate surface area is 132 Å². The summed E-state index contributed by atoms with van der Waals surface area (Å²) in [7, 11) is 0. The van der Waals surface area contributed by atoms with Gasteiger partial charge in [0.15, 0.2) is 0 Å². The summed E-state index contributed by atoms with van der Waals surface area (Å²) in [5.74, 6) is -0.487. The number of hydrogen-bond donors (Lipinski definition) is 2. The van der Waals surface area contributed by atoms with Crippen LogP contribution in [0.3, 0.4) is 0 Å². The number of hydrogen-bond acceptors (Lipinski definition) is 3. The van der Waals surface area contributed by atoms with Crippen LogP contribution >= 0.6 is 11.6 Å². The molecule has 0 aliphatic carbocycles. The lowest BCUT2D eigenvalue weighted by Gasteiger charge is -2.07. The van der Waals surface area contributed by atoms with E-state index >= 15 is 0 Å². The quantitative estimate of drug-likeness (QED) is 0.910. The second-order valence-corrected chi connectivity index (χ2v) is 4.93. The maximum Gasteiger partial charge on any atom is 0.255 e. The van der Waals surface area contributed by atoms with E-state index in [1.54, 1.807) is 30.3 Å². The van der Waals surface area contributed by atoms with Crippen molar-refractivity contribution in [3.05, 3.63) is 58.6 Å². The average Bonchev–Trinajstić information content (AvgIpc) is 2.47. The van der Waals surface area contributed by atoms with Crippen LogP contribution in [-0.2, 0) is 4.79 Å². The van der Waals surface area contributed by atoms with Gasteiger partial charge in [-0.05, 0) is 42.5 Å². The van der Waals surface area contributed by atoms with Crippen molar-refractivity contribution in [3.63, 3.8) is 0 Å². The molecule has 0 aliphatic rings. The number of benzene rings is 2. The molecule has 0 unspecified atom stereocenters. The third-order valence-electron chi connectivity index (χ3n) is 2.81. The fraction of sp³-hybridized carbons (Fsp3) is 0.0625. The summed E-state index contributed by atoms with van der Waals surface area (Å²) in [6.07, 6.45) is 0. The first-order chi connectivity index (χ1) is 10.5. The zero-order chi connectivity index (χ0) is 16.1. The number of carbonyl (C=O) groups is 2. The predicted molar refractivity (Wildman–Crippen MR) is 84.9 cm³/mol. The van der Waals surface area contributed by atoms with Crippen molar-refractivity contribution < 1.29 is 9.59 Å². The fourth-order valence-corrected chi connectivity index (χ4v) is 2.02. The van der Waals surface area contributed by atoms with E-state index in [4.69, 9.17) is 16.9 Å². The van der Waals surface area contributed by atoms with E-state index in [1.807, 2.05) is 6.07 Å². The smallest absolute Gasteiger partial charge is 0.255 e. The minimum absolute atomic E-state index is 0.176. The highest BCUT2D eigenvalue weighted by molar-refractivity contribution is 6.32. The molecule has 22 heavy (non-hydrogen) atoms. The monoisotopic (exact) mass is 313 g/mol. The lowest BCUT2D eigenvalue weighted by molar-refractivity contribution is -0.114. The number of rotatable bonds is 3. The van der Waals surface area contributed by atoms with Gasteiger partial charge in [0.05, 0.1) is 10.6 Å². The second-order valence-electron chi connectivity index (χ2n) is 4.52. The Morgan fingerprint density at radius 2 is 1.68 bits per heavy atom. The molecule has 2 rings (SSSR count). The van der Waals surface area contributed by atoms with Gasteiger partial charge in [-0.1, -0.05) is 11.6 Å². The van der Waals surface area contributed by atoms with Crippen molar-refractivity contribution >= 4 is 34.8 Å². The van der Waals surface area contributed by atoms with Crippen molar-refractivity contribution in [1.82, 2.24) is 0 Å². The zero-order valence-corrected chi connectivity index (χ0v) is 12.4. The van der Waals surface area contributed by atoms with Gasteiger partial charge in [-0.15, -0.1) is 0 Å². The molecule has 0 bridgehead atoms. The van der Waals surface area contributed by atoms with Crippen molar-refractivity contribution in [1.29, 1.82) is 5.26 Å². The summed E-state index contributed by atoms with van der Waals surface area (Å²) < 4.78 is 0. The molecule has 0 aromatic heterocycles. The molecule has 0 atom stereocenters. The number of halogens is 1. The molecular formula is C16H12ClN3O2. The largest absolute Gasteiger partial charge is 0.326 e. The van der Waals surface area contributed by atoms with E-state index in [0.29, 0.717) is 22.5 Å².